The highest BCUT2D eigenvalue weighted by atomic mass is 35.5. The maximum absolute atomic E-state index is 6.13. The quantitative estimate of drug-likeness (QED) is 0.694. The normalized spacial score (nSPS) is 10.7. The summed E-state index contributed by atoms with van der Waals surface area (Å²) in [5.41, 5.74) is 8.07. The molecule has 3 aromatic rings. The zero-order valence-electron chi connectivity index (χ0n) is 9.47. The topological polar surface area (TPSA) is 55.3 Å². The van der Waals surface area contributed by atoms with Gasteiger partial charge in [-0.1, -0.05) is 17.7 Å². The number of aromatic nitrogens is 2. The number of nitrogen functional groups attached to an aromatic ring is 1. The molecule has 0 amide bonds. The van der Waals surface area contributed by atoms with Crippen LogP contribution in [0.1, 0.15) is 0 Å². The van der Waals surface area contributed by atoms with E-state index in [1.165, 1.54) is 0 Å². The zero-order valence-corrected chi connectivity index (χ0v) is 10.2. The van der Waals surface area contributed by atoms with Crippen LogP contribution in [0.5, 0.6) is 0 Å². The Kier molecular flexibility index (Phi) is 2.57. The molecule has 0 aliphatic heterocycles. The van der Waals surface area contributed by atoms with Crippen molar-refractivity contribution >= 4 is 34.4 Å². The maximum atomic E-state index is 6.13. The Morgan fingerprint density at radius 3 is 3.00 bits per heavy atom. The van der Waals surface area contributed by atoms with Gasteiger partial charge in [-0.15, -0.1) is 0 Å². The van der Waals surface area contributed by atoms with E-state index < -0.39 is 0 Å². The number of hydrogen-bond donors (Lipinski definition) is 2. The van der Waals surface area contributed by atoms with E-state index in [9.17, 15) is 0 Å². The van der Waals surface area contributed by atoms with Crippen molar-refractivity contribution in [1.29, 1.82) is 0 Å². The van der Waals surface area contributed by atoms with Crippen LogP contribution in [0.4, 0.5) is 17.2 Å². The molecule has 3 N–H and O–H groups in total. The van der Waals surface area contributed by atoms with Crippen LogP contribution in [0, 0.1) is 0 Å². The predicted octanol–water partition coefficient (Wildman–Crippen LogP) is 3.31. The molecule has 0 saturated heterocycles. The molecule has 1 aromatic carbocycles. The third kappa shape index (κ3) is 1.87. The number of pyridine rings is 1. The van der Waals surface area contributed by atoms with Crippen LogP contribution in [0.2, 0.25) is 5.02 Å². The van der Waals surface area contributed by atoms with Gasteiger partial charge in [-0.2, -0.15) is 0 Å². The average Bonchev–Trinajstić information content (AvgIpc) is 2.83. The van der Waals surface area contributed by atoms with E-state index >= 15 is 0 Å². The Bertz CT molecular complexity index is 705. The molecule has 0 atom stereocenters. The van der Waals surface area contributed by atoms with Crippen LogP contribution in [0.25, 0.3) is 5.65 Å². The predicted molar refractivity (Wildman–Crippen MR) is 74.3 cm³/mol. The first-order chi connectivity index (χ1) is 8.74. The monoisotopic (exact) mass is 258 g/mol. The van der Waals surface area contributed by atoms with Crippen molar-refractivity contribution in [3.63, 3.8) is 0 Å². The van der Waals surface area contributed by atoms with Crippen LogP contribution < -0.4 is 11.1 Å². The fourth-order valence-corrected chi connectivity index (χ4v) is 1.99. The minimum atomic E-state index is 0.626. The Hall–Kier alpha value is -2.20. The van der Waals surface area contributed by atoms with Gasteiger partial charge in [0, 0.05) is 18.1 Å². The molecule has 2 aromatic heterocycles. The van der Waals surface area contributed by atoms with Gasteiger partial charge in [-0.05, 0) is 30.3 Å². The number of nitrogens with one attached hydrogen (secondary N) is 1. The molecular weight excluding hydrogens is 248 g/mol. The summed E-state index contributed by atoms with van der Waals surface area (Å²) in [6, 6.07) is 11.2. The SMILES string of the molecule is Nc1ccc(Cl)c(Nc2cccc3nccn23)c1. The molecular formula is C13H11ClN4. The Morgan fingerprint density at radius 1 is 1.22 bits per heavy atom. The molecule has 3 rings (SSSR count). The summed E-state index contributed by atoms with van der Waals surface area (Å²) in [7, 11) is 0. The van der Waals surface area contributed by atoms with Crippen molar-refractivity contribution in [3.05, 3.63) is 53.8 Å². The molecule has 0 unspecified atom stereocenters. The number of rotatable bonds is 2. The van der Waals surface area contributed by atoms with E-state index in [0.29, 0.717) is 10.7 Å². The highest BCUT2D eigenvalue weighted by Gasteiger charge is 2.04. The number of nitrogens with two attached hydrogens (primary N) is 1. The van der Waals surface area contributed by atoms with Crippen molar-refractivity contribution in [2.45, 2.75) is 0 Å². The van der Waals surface area contributed by atoms with Crippen LogP contribution in [0.3, 0.4) is 0 Å². The number of halogens is 1. The second-order valence-corrected chi connectivity index (χ2v) is 4.34. The van der Waals surface area contributed by atoms with Gasteiger partial charge in [0.15, 0.2) is 0 Å². The first-order valence-corrected chi connectivity index (χ1v) is 5.86. The zero-order chi connectivity index (χ0) is 12.5. The Labute approximate surface area is 109 Å². The van der Waals surface area contributed by atoms with E-state index in [1.807, 2.05) is 28.8 Å². The number of hydrogen-bond acceptors (Lipinski definition) is 3. The fourth-order valence-electron chi connectivity index (χ4n) is 1.83. The molecule has 0 radical (unpaired) electrons. The first kappa shape index (κ1) is 10.9. The minimum absolute atomic E-state index is 0.626. The molecule has 0 saturated carbocycles. The van der Waals surface area contributed by atoms with E-state index in [0.717, 1.165) is 17.2 Å². The van der Waals surface area contributed by atoms with Crippen molar-refractivity contribution in [2.24, 2.45) is 0 Å². The standard InChI is InChI=1S/C13H11ClN4/c14-10-5-4-9(15)8-11(10)17-13-3-1-2-12-16-6-7-18(12)13/h1-8,17H,15H2. The molecule has 5 heteroatoms. The summed E-state index contributed by atoms with van der Waals surface area (Å²) in [6.07, 6.45) is 3.64. The Balaban J connectivity index is 2.06. The lowest BCUT2D eigenvalue weighted by molar-refractivity contribution is 1.18. The molecule has 0 fully saturated rings. The van der Waals surface area contributed by atoms with Gasteiger partial charge in [-0.25, -0.2) is 4.98 Å². The summed E-state index contributed by atoms with van der Waals surface area (Å²) in [4.78, 5) is 4.23. The molecule has 90 valence electrons. The maximum Gasteiger partial charge on any atom is 0.138 e. The van der Waals surface area contributed by atoms with Gasteiger partial charge in [-0.3, -0.25) is 4.40 Å². The van der Waals surface area contributed by atoms with Crippen LogP contribution >= 0.6 is 11.6 Å². The minimum Gasteiger partial charge on any atom is -0.399 e. The van der Waals surface area contributed by atoms with Crippen molar-refractivity contribution in [1.82, 2.24) is 9.38 Å². The summed E-state index contributed by atoms with van der Waals surface area (Å²) in [5.74, 6) is 0.887. The van der Waals surface area contributed by atoms with Crippen molar-refractivity contribution < 1.29 is 0 Å². The highest BCUT2D eigenvalue weighted by molar-refractivity contribution is 6.33. The van der Waals surface area contributed by atoms with E-state index in [4.69, 9.17) is 17.3 Å². The van der Waals surface area contributed by atoms with Gasteiger partial charge in [0.05, 0.1) is 10.7 Å². The fraction of sp³-hybridized carbons (Fsp3) is 0. The molecule has 0 aliphatic rings. The summed E-state index contributed by atoms with van der Waals surface area (Å²) in [6.45, 7) is 0. The largest absolute Gasteiger partial charge is 0.399 e. The van der Waals surface area contributed by atoms with E-state index in [1.54, 1.807) is 24.4 Å². The lowest BCUT2D eigenvalue weighted by Gasteiger charge is -2.11. The summed E-state index contributed by atoms with van der Waals surface area (Å²) >= 11 is 6.13. The summed E-state index contributed by atoms with van der Waals surface area (Å²) < 4.78 is 1.94. The van der Waals surface area contributed by atoms with Crippen molar-refractivity contribution in [3.8, 4) is 0 Å². The third-order valence-electron chi connectivity index (χ3n) is 2.68. The number of anilines is 3. The lowest BCUT2D eigenvalue weighted by atomic mass is 10.3. The van der Waals surface area contributed by atoms with Gasteiger partial charge in [0.25, 0.3) is 0 Å². The van der Waals surface area contributed by atoms with E-state index in [-0.39, 0.29) is 0 Å². The molecule has 0 aliphatic carbocycles. The van der Waals surface area contributed by atoms with Gasteiger partial charge < -0.3 is 11.1 Å². The second-order valence-electron chi connectivity index (χ2n) is 3.93. The van der Waals surface area contributed by atoms with Gasteiger partial charge in [0.2, 0.25) is 0 Å². The second kappa shape index (κ2) is 4.23. The highest BCUT2D eigenvalue weighted by Crippen LogP contribution is 2.27. The number of imidazole rings is 1. The van der Waals surface area contributed by atoms with Gasteiger partial charge >= 0.3 is 0 Å². The summed E-state index contributed by atoms with van der Waals surface area (Å²) in [5, 5.41) is 3.88. The van der Waals surface area contributed by atoms with E-state index in [2.05, 4.69) is 10.3 Å². The Morgan fingerprint density at radius 2 is 2.11 bits per heavy atom. The molecule has 2 heterocycles. The van der Waals surface area contributed by atoms with Crippen molar-refractivity contribution in [2.75, 3.05) is 11.1 Å². The van der Waals surface area contributed by atoms with Crippen LogP contribution in [0.15, 0.2) is 48.8 Å². The van der Waals surface area contributed by atoms with Crippen LogP contribution in [-0.2, 0) is 0 Å². The molecule has 0 spiro atoms. The number of benzene rings is 1. The average molecular weight is 259 g/mol. The smallest absolute Gasteiger partial charge is 0.138 e. The van der Waals surface area contributed by atoms with Gasteiger partial charge in [0.1, 0.15) is 11.5 Å². The first-order valence-electron chi connectivity index (χ1n) is 5.48. The third-order valence-corrected chi connectivity index (χ3v) is 3.01. The molecule has 4 nitrogen and oxygen atoms in total. The molecule has 0 bridgehead atoms. The lowest BCUT2D eigenvalue weighted by Crippen LogP contribution is -1.98. The number of nitrogens with zero attached hydrogens (tertiary/aromatic N) is 2. The number of fused-ring (bicyclic) bond motifs is 1. The molecule has 18 heavy (non-hydrogen) atoms. The van der Waals surface area contributed by atoms with Crippen LogP contribution in [-0.4, -0.2) is 9.38 Å².